The lowest BCUT2D eigenvalue weighted by Gasteiger charge is -2.42. The monoisotopic (exact) mass is 265 g/mol. The van der Waals surface area contributed by atoms with E-state index in [1.807, 2.05) is 13.8 Å². The van der Waals surface area contributed by atoms with Crippen LogP contribution in [0.5, 0.6) is 0 Å². The smallest absolute Gasteiger partial charge is 0.257 e. The molecular weight excluding hydrogens is 246 g/mol. The van der Waals surface area contributed by atoms with Crippen LogP contribution in [0.4, 0.5) is 5.69 Å². The summed E-state index contributed by atoms with van der Waals surface area (Å²) < 4.78 is 5.68. The highest BCUT2D eigenvalue weighted by Gasteiger charge is 2.36. The molecule has 0 radical (unpaired) electrons. The topological polar surface area (TPSA) is 88.7 Å². The number of carbonyl (C=O) groups excluding carboxylic acids is 1. The van der Waals surface area contributed by atoms with Crippen LogP contribution in [0.25, 0.3) is 0 Å². The number of aromatic nitrogens is 1. The van der Waals surface area contributed by atoms with Gasteiger partial charge in [-0.3, -0.25) is 9.78 Å². The Kier molecular flexibility index (Phi) is 3.73. The number of morpholine rings is 1. The van der Waals surface area contributed by atoms with E-state index in [-0.39, 0.29) is 18.6 Å². The number of hydrogen-bond acceptors (Lipinski definition) is 5. The van der Waals surface area contributed by atoms with Crippen molar-refractivity contribution in [3.8, 4) is 0 Å². The Morgan fingerprint density at radius 2 is 2.42 bits per heavy atom. The number of aliphatic hydroxyl groups is 1. The first-order valence-electron chi connectivity index (χ1n) is 6.20. The standard InChI is InChI=1S/C13H19N3O3/c1-13(2)8-16(6-9(7-17)19-13)12(18)10-5-15-4-3-11(10)14/h3-5,9,17H,6-8H2,1-2H3,(H2,14,15). The van der Waals surface area contributed by atoms with Crippen LogP contribution in [0.1, 0.15) is 24.2 Å². The highest BCUT2D eigenvalue weighted by atomic mass is 16.5. The molecule has 0 bridgehead atoms. The molecule has 1 atom stereocenters. The van der Waals surface area contributed by atoms with Crippen LogP contribution < -0.4 is 5.73 Å². The van der Waals surface area contributed by atoms with E-state index in [1.165, 1.54) is 6.20 Å². The Bertz CT molecular complexity index is 476. The van der Waals surface area contributed by atoms with Crippen LogP contribution in [-0.4, -0.2) is 52.3 Å². The van der Waals surface area contributed by atoms with Crippen molar-refractivity contribution in [3.63, 3.8) is 0 Å². The van der Waals surface area contributed by atoms with Crippen molar-refractivity contribution in [3.05, 3.63) is 24.0 Å². The third-order valence-corrected chi connectivity index (χ3v) is 3.06. The number of amides is 1. The maximum Gasteiger partial charge on any atom is 0.257 e. The van der Waals surface area contributed by atoms with E-state index in [9.17, 15) is 9.90 Å². The van der Waals surface area contributed by atoms with Crippen molar-refractivity contribution in [2.24, 2.45) is 0 Å². The number of aliphatic hydroxyl groups excluding tert-OH is 1. The van der Waals surface area contributed by atoms with Gasteiger partial charge in [0.15, 0.2) is 0 Å². The van der Waals surface area contributed by atoms with Crippen molar-refractivity contribution in [2.75, 3.05) is 25.4 Å². The van der Waals surface area contributed by atoms with Crippen molar-refractivity contribution in [1.29, 1.82) is 0 Å². The molecule has 1 amide bonds. The van der Waals surface area contributed by atoms with Gasteiger partial charge >= 0.3 is 0 Å². The summed E-state index contributed by atoms with van der Waals surface area (Å²) in [6.45, 7) is 4.48. The van der Waals surface area contributed by atoms with Crippen LogP contribution in [0.2, 0.25) is 0 Å². The molecule has 1 unspecified atom stereocenters. The van der Waals surface area contributed by atoms with Crippen LogP contribution in [0.3, 0.4) is 0 Å². The van der Waals surface area contributed by atoms with Gasteiger partial charge in [-0.25, -0.2) is 0 Å². The van der Waals surface area contributed by atoms with Crippen molar-refractivity contribution in [1.82, 2.24) is 9.88 Å². The maximum atomic E-state index is 12.4. The lowest BCUT2D eigenvalue weighted by Crippen LogP contribution is -2.55. The summed E-state index contributed by atoms with van der Waals surface area (Å²) in [4.78, 5) is 18.0. The molecule has 1 aliphatic rings. The predicted octanol–water partition coefficient (Wildman–Crippen LogP) is 0.276. The molecule has 1 saturated heterocycles. The number of hydrogen-bond donors (Lipinski definition) is 2. The summed E-state index contributed by atoms with van der Waals surface area (Å²) in [6.07, 6.45) is 2.64. The van der Waals surface area contributed by atoms with Gasteiger partial charge in [0.05, 0.1) is 23.9 Å². The zero-order chi connectivity index (χ0) is 14.0. The van der Waals surface area contributed by atoms with Crippen molar-refractivity contribution in [2.45, 2.75) is 25.6 Å². The molecule has 6 heteroatoms. The van der Waals surface area contributed by atoms with Crippen molar-refractivity contribution < 1.29 is 14.6 Å². The molecule has 0 aliphatic carbocycles. The summed E-state index contributed by atoms with van der Waals surface area (Å²) in [5.74, 6) is -0.180. The summed E-state index contributed by atoms with van der Waals surface area (Å²) >= 11 is 0. The van der Waals surface area contributed by atoms with E-state index in [0.29, 0.717) is 24.3 Å². The highest BCUT2D eigenvalue weighted by molar-refractivity contribution is 5.98. The second-order valence-electron chi connectivity index (χ2n) is 5.33. The molecule has 0 saturated carbocycles. The number of nitrogen functional groups attached to an aromatic ring is 1. The Morgan fingerprint density at radius 1 is 1.68 bits per heavy atom. The van der Waals surface area contributed by atoms with E-state index >= 15 is 0 Å². The van der Waals surface area contributed by atoms with Gasteiger partial charge in [-0.2, -0.15) is 0 Å². The first-order valence-corrected chi connectivity index (χ1v) is 6.20. The lowest BCUT2D eigenvalue weighted by atomic mass is 10.0. The minimum Gasteiger partial charge on any atom is -0.398 e. The molecule has 2 heterocycles. The Morgan fingerprint density at radius 3 is 3.05 bits per heavy atom. The Hall–Kier alpha value is -1.66. The van der Waals surface area contributed by atoms with Gasteiger partial charge < -0.3 is 20.5 Å². The summed E-state index contributed by atoms with van der Waals surface area (Å²) in [5, 5.41) is 9.25. The lowest BCUT2D eigenvalue weighted by molar-refractivity contribution is -0.139. The van der Waals surface area contributed by atoms with Crippen molar-refractivity contribution >= 4 is 11.6 Å². The molecule has 1 aromatic rings. The number of carbonyl (C=O) groups is 1. The fourth-order valence-electron chi connectivity index (χ4n) is 2.30. The number of ether oxygens (including phenoxy) is 1. The van der Waals surface area contributed by atoms with Gasteiger partial charge in [-0.1, -0.05) is 0 Å². The van der Waals surface area contributed by atoms with E-state index in [1.54, 1.807) is 17.2 Å². The Labute approximate surface area is 112 Å². The van der Waals surface area contributed by atoms with Crippen LogP contribution >= 0.6 is 0 Å². The predicted molar refractivity (Wildman–Crippen MR) is 70.6 cm³/mol. The number of rotatable bonds is 2. The average Bonchev–Trinajstić information content (AvgIpc) is 2.36. The molecule has 1 fully saturated rings. The molecule has 1 aliphatic heterocycles. The number of anilines is 1. The number of nitrogens with two attached hydrogens (primary N) is 1. The molecule has 1 aromatic heterocycles. The minimum atomic E-state index is -0.488. The minimum absolute atomic E-state index is 0.115. The van der Waals surface area contributed by atoms with Crippen LogP contribution in [0, 0.1) is 0 Å². The summed E-state index contributed by atoms with van der Waals surface area (Å²) in [7, 11) is 0. The SMILES string of the molecule is CC1(C)CN(C(=O)c2cnccc2N)CC(CO)O1. The largest absolute Gasteiger partial charge is 0.398 e. The first-order chi connectivity index (χ1) is 8.93. The normalized spacial score (nSPS) is 22.3. The summed E-state index contributed by atoms with van der Waals surface area (Å²) in [5.41, 5.74) is 6.10. The molecule has 104 valence electrons. The summed E-state index contributed by atoms with van der Waals surface area (Å²) in [6, 6.07) is 1.60. The molecule has 2 rings (SSSR count). The number of pyridine rings is 1. The van der Waals surface area contributed by atoms with Gasteiger partial charge in [0.1, 0.15) is 0 Å². The fraction of sp³-hybridized carbons (Fsp3) is 0.538. The van der Waals surface area contributed by atoms with E-state index in [4.69, 9.17) is 10.5 Å². The molecule has 3 N–H and O–H groups in total. The third-order valence-electron chi connectivity index (χ3n) is 3.06. The van der Waals surface area contributed by atoms with Gasteiger partial charge in [0.2, 0.25) is 0 Å². The molecule has 0 spiro atoms. The molecule has 0 aromatic carbocycles. The fourth-order valence-corrected chi connectivity index (χ4v) is 2.30. The molecule has 19 heavy (non-hydrogen) atoms. The zero-order valence-corrected chi connectivity index (χ0v) is 11.2. The van der Waals surface area contributed by atoms with E-state index in [2.05, 4.69) is 4.98 Å². The second-order valence-corrected chi connectivity index (χ2v) is 5.33. The average molecular weight is 265 g/mol. The van der Waals surface area contributed by atoms with Gasteiger partial charge in [-0.05, 0) is 19.9 Å². The van der Waals surface area contributed by atoms with E-state index in [0.717, 1.165) is 0 Å². The second kappa shape index (κ2) is 5.14. The van der Waals surface area contributed by atoms with Crippen LogP contribution in [-0.2, 0) is 4.74 Å². The third kappa shape index (κ3) is 3.02. The quantitative estimate of drug-likeness (QED) is 0.801. The molecular formula is C13H19N3O3. The molecule has 6 nitrogen and oxygen atoms in total. The zero-order valence-electron chi connectivity index (χ0n) is 11.2. The first kappa shape index (κ1) is 13.8. The Balaban J connectivity index is 2.21. The maximum absolute atomic E-state index is 12.4. The van der Waals surface area contributed by atoms with Crippen LogP contribution in [0.15, 0.2) is 18.5 Å². The highest BCUT2D eigenvalue weighted by Crippen LogP contribution is 2.23. The van der Waals surface area contributed by atoms with E-state index < -0.39 is 5.60 Å². The number of nitrogens with zero attached hydrogens (tertiary/aromatic N) is 2. The van der Waals surface area contributed by atoms with Gasteiger partial charge in [0, 0.05) is 31.2 Å². The van der Waals surface area contributed by atoms with Gasteiger partial charge in [0.25, 0.3) is 5.91 Å². The van der Waals surface area contributed by atoms with Gasteiger partial charge in [-0.15, -0.1) is 0 Å².